The van der Waals surface area contributed by atoms with Crippen LogP contribution in [0.25, 0.3) is 0 Å². The van der Waals surface area contributed by atoms with Crippen LogP contribution in [0.3, 0.4) is 0 Å². The number of aromatic nitrogens is 2. The van der Waals surface area contributed by atoms with Gasteiger partial charge in [0.2, 0.25) is 0 Å². The molecule has 1 aromatic carbocycles. The molecule has 0 saturated carbocycles. The number of nitrogens with zero attached hydrogens (tertiary/aromatic N) is 2. The van der Waals surface area contributed by atoms with Gasteiger partial charge in [0.15, 0.2) is 0 Å². The van der Waals surface area contributed by atoms with Crippen molar-refractivity contribution in [3.05, 3.63) is 53.1 Å². The summed E-state index contributed by atoms with van der Waals surface area (Å²) >= 11 is 0. The van der Waals surface area contributed by atoms with E-state index in [1.54, 1.807) is 0 Å². The van der Waals surface area contributed by atoms with Gasteiger partial charge in [0.05, 0.1) is 6.20 Å². The third-order valence-corrected chi connectivity index (χ3v) is 3.64. The Labute approximate surface area is 119 Å². The maximum atomic E-state index is 13.0. The summed E-state index contributed by atoms with van der Waals surface area (Å²) in [5, 5.41) is 7.87. The lowest BCUT2D eigenvalue weighted by Crippen LogP contribution is -2.24. The molecule has 1 heterocycles. The summed E-state index contributed by atoms with van der Waals surface area (Å²) < 4.78 is 14.9. The average Bonchev–Trinajstić information content (AvgIpc) is 2.77. The van der Waals surface area contributed by atoms with Crippen LogP contribution >= 0.6 is 0 Å². The molecular formula is C16H22FN3. The predicted molar refractivity (Wildman–Crippen MR) is 79.1 cm³/mol. The maximum Gasteiger partial charge on any atom is 0.123 e. The lowest BCUT2D eigenvalue weighted by molar-refractivity contribution is 0.525. The molecule has 1 N–H and O–H groups in total. The van der Waals surface area contributed by atoms with Crippen LogP contribution in [-0.4, -0.2) is 16.3 Å². The molecule has 0 fully saturated rings. The van der Waals surface area contributed by atoms with Gasteiger partial charge in [-0.2, -0.15) is 5.10 Å². The van der Waals surface area contributed by atoms with Gasteiger partial charge in [-0.15, -0.1) is 0 Å². The molecule has 1 unspecified atom stereocenters. The van der Waals surface area contributed by atoms with Crippen LogP contribution in [0.2, 0.25) is 0 Å². The molecule has 1 atom stereocenters. The monoisotopic (exact) mass is 275 g/mol. The van der Waals surface area contributed by atoms with Gasteiger partial charge in [-0.25, -0.2) is 4.39 Å². The molecule has 0 amide bonds. The Bertz CT molecular complexity index is 545. The van der Waals surface area contributed by atoms with Gasteiger partial charge < -0.3 is 5.32 Å². The van der Waals surface area contributed by atoms with Crippen molar-refractivity contribution in [3.63, 3.8) is 0 Å². The second kappa shape index (κ2) is 6.66. The van der Waals surface area contributed by atoms with E-state index in [-0.39, 0.29) is 11.9 Å². The Morgan fingerprint density at radius 1 is 1.30 bits per heavy atom. The van der Waals surface area contributed by atoms with Crippen molar-refractivity contribution in [3.8, 4) is 0 Å². The standard InChI is InChI=1S/C16H22FN3/c1-4-9-18-16(15-11-19-20(3)12(15)2)10-13-5-7-14(17)8-6-13/h5-8,11,16,18H,4,9-10H2,1-3H3. The Morgan fingerprint density at radius 2 is 2.00 bits per heavy atom. The molecule has 2 rings (SSSR count). The van der Waals surface area contributed by atoms with E-state index in [0.29, 0.717) is 0 Å². The minimum Gasteiger partial charge on any atom is -0.310 e. The molecule has 0 saturated heterocycles. The zero-order valence-electron chi connectivity index (χ0n) is 12.4. The second-order valence-corrected chi connectivity index (χ2v) is 5.15. The fourth-order valence-electron chi connectivity index (χ4n) is 2.32. The molecule has 0 aliphatic rings. The summed E-state index contributed by atoms with van der Waals surface area (Å²) in [6, 6.07) is 6.95. The van der Waals surface area contributed by atoms with Gasteiger partial charge in [-0.05, 0) is 44.0 Å². The molecular weight excluding hydrogens is 253 g/mol. The van der Waals surface area contributed by atoms with Crippen molar-refractivity contribution < 1.29 is 4.39 Å². The van der Waals surface area contributed by atoms with E-state index in [1.165, 1.54) is 23.4 Å². The molecule has 1 aromatic heterocycles. The first-order chi connectivity index (χ1) is 9.61. The molecule has 0 spiro atoms. The lowest BCUT2D eigenvalue weighted by atomic mass is 9.99. The van der Waals surface area contributed by atoms with E-state index in [4.69, 9.17) is 0 Å². The van der Waals surface area contributed by atoms with E-state index in [1.807, 2.05) is 30.1 Å². The molecule has 0 bridgehead atoms. The maximum absolute atomic E-state index is 13.0. The zero-order valence-corrected chi connectivity index (χ0v) is 12.4. The normalized spacial score (nSPS) is 12.6. The van der Waals surface area contributed by atoms with E-state index < -0.39 is 0 Å². The first-order valence-electron chi connectivity index (χ1n) is 7.08. The summed E-state index contributed by atoms with van der Waals surface area (Å²) in [4.78, 5) is 0. The van der Waals surface area contributed by atoms with E-state index in [2.05, 4.69) is 24.3 Å². The van der Waals surface area contributed by atoms with Crippen LogP contribution in [0, 0.1) is 12.7 Å². The number of aryl methyl sites for hydroxylation is 1. The minimum absolute atomic E-state index is 0.190. The van der Waals surface area contributed by atoms with Crippen molar-refractivity contribution >= 4 is 0 Å². The highest BCUT2D eigenvalue weighted by Gasteiger charge is 2.16. The minimum atomic E-state index is -0.190. The number of hydrogen-bond acceptors (Lipinski definition) is 2. The van der Waals surface area contributed by atoms with E-state index >= 15 is 0 Å². The summed E-state index contributed by atoms with van der Waals surface area (Å²) in [5.41, 5.74) is 3.51. The van der Waals surface area contributed by atoms with Crippen molar-refractivity contribution in [2.45, 2.75) is 32.7 Å². The van der Waals surface area contributed by atoms with Crippen molar-refractivity contribution in [2.75, 3.05) is 6.54 Å². The van der Waals surface area contributed by atoms with Crippen molar-refractivity contribution in [1.29, 1.82) is 0 Å². The van der Waals surface area contributed by atoms with Crippen LogP contribution in [0.1, 0.15) is 36.2 Å². The van der Waals surface area contributed by atoms with Gasteiger partial charge >= 0.3 is 0 Å². The van der Waals surface area contributed by atoms with Gasteiger partial charge in [-0.1, -0.05) is 19.1 Å². The van der Waals surface area contributed by atoms with Crippen LogP contribution in [-0.2, 0) is 13.5 Å². The molecule has 0 aliphatic heterocycles. The summed E-state index contributed by atoms with van der Waals surface area (Å²) in [6.45, 7) is 5.19. The van der Waals surface area contributed by atoms with Crippen LogP contribution in [0.15, 0.2) is 30.5 Å². The first kappa shape index (κ1) is 14.7. The smallest absolute Gasteiger partial charge is 0.123 e. The van der Waals surface area contributed by atoms with E-state index in [0.717, 1.165) is 24.9 Å². The lowest BCUT2D eigenvalue weighted by Gasteiger charge is -2.18. The van der Waals surface area contributed by atoms with Crippen molar-refractivity contribution in [1.82, 2.24) is 15.1 Å². The van der Waals surface area contributed by atoms with Gasteiger partial charge in [-0.3, -0.25) is 4.68 Å². The largest absolute Gasteiger partial charge is 0.310 e. The van der Waals surface area contributed by atoms with Crippen LogP contribution in [0.4, 0.5) is 4.39 Å². The highest BCUT2D eigenvalue weighted by molar-refractivity contribution is 5.25. The van der Waals surface area contributed by atoms with Gasteiger partial charge in [0, 0.05) is 24.3 Å². The Morgan fingerprint density at radius 3 is 2.55 bits per heavy atom. The van der Waals surface area contributed by atoms with Crippen LogP contribution < -0.4 is 5.32 Å². The van der Waals surface area contributed by atoms with Gasteiger partial charge in [0.25, 0.3) is 0 Å². The molecule has 4 heteroatoms. The molecule has 0 aliphatic carbocycles. The number of benzene rings is 1. The summed E-state index contributed by atoms with van der Waals surface area (Å²) in [6.07, 6.45) is 3.85. The number of hydrogen-bond donors (Lipinski definition) is 1. The molecule has 0 radical (unpaired) electrons. The Hall–Kier alpha value is -1.68. The number of nitrogens with one attached hydrogen (secondary N) is 1. The van der Waals surface area contributed by atoms with E-state index in [9.17, 15) is 4.39 Å². The van der Waals surface area contributed by atoms with Crippen molar-refractivity contribution in [2.24, 2.45) is 7.05 Å². The third-order valence-electron chi connectivity index (χ3n) is 3.64. The molecule has 108 valence electrons. The molecule has 2 aromatic rings. The number of halogens is 1. The Kier molecular flexibility index (Phi) is 4.90. The highest BCUT2D eigenvalue weighted by Crippen LogP contribution is 2.21. The summed E-state index contributed by atoms with van der Waals surface area (Å²) in [5.74, 6) is -0.190. The summed E-state index contributed by atoms with van der Waals surface area (Å²) in [7, 11) is 1.95. The highest BCUT2D eigenvalue weighted by atomic mass is 19.1. The molecule has 20 heavy (non-hydrogen) atoms. The second-order valence-electron chi connectivity index (χ2n) is 5.15. The third kappa shape index (κ3) is 3.45. The topological polar surface area (TPSA) is 29.9 Å². The predicted octanol–water partition coefficient (Wildman–Crippen LogP) is 3.15. The fourth-order valence-corrected chi connectivity index (χ4v) is 2.32. The SMILES string of the molecule is CCCNC(Cc1ccc(F)cc1)c1cnn(C)c1C. The average molecular weight is 275 g/mol. The fraction of sp³-hybridized carbons (Fsp3) is 0.438. The van der Waals surface area contributed by atoms with Crippen LogP contribution in [0.5, 0.6) is 0 Å². The molecule has 3 nitrogen and oxygen atoms in total. The Balaban J connectivity index is 2.19. The first-order valence-corrected chi connectivity index (χ1v) is 7.08. The van der Waals surface area contributed by atoms with Gasteiger partial charge in [0.1, 0.15) is 5.82 Å². The quantitative estimate of drug-likeness (QED) is 0.877. The number of rotatable bonds is 6. The zero-order chi connectivity index (χ0) is 14.5.